The van der Waals surface area contributed by atoms with E-state index in [1.807, 2.05) is 0 Å². The molecule has 0 aromatic carbocycles. The lowest BCUT2D eigenvalue weighted by molar-refractivity contribution is -0.142. The van der Waals surface area contributed by atoms with Gasteiger partial charge in [0.2, 0.25) is 0 Å². The van der Waals surface area contributed by atoms with Crippen LogP contribution in [0.1, 0.15) is 19.3 Å². The summed E-state index contributed by atoms with van der Waals surface area (Å²) in [4.78, 5) is 22.4. The van der Waals surface area contributed by atoms with E-state index in [0.717, 1.165) is 0 Å². The highest BCUT2D eigenvalue weighted by Crippen LogP contribution is 2.25. The summed E-state index contributed by atoms with van der Waals surface area (Å²) >= 11 is 0. The molecule has 2 rings (SSSR count). The minimum absolute atomic E-state index is 0.170. The summed E-state index contributed by atoms with van der Waals surface area (Å²) in [7, 11) is 0. The van der Waals surface area contributed by atoms with Gasteiger partial charge in [0, 0.05) is 6.54 Å². The van der Waals surface area contributed by atoms with Gasteiger partial charge >= 0.3 is 12.0 Å². The van der Waals surface area contributed by atoms with Crippen molar-refractivity contribution in [2.75, 3.05) is 19.8 Å². The van der Waals surface area contributed by atoms with Gasteiger partial charge in [0.1, 0.15) is 5.92 Å². The third-order valence-electron chi connectivity index (χ3n) is 3.49. The molecule has 1 aliphatic carbocycles. The summed E-state index contributed by atoms with van der Waals surface area (Å²) in [5.41, 5.74) is 0. The van der Waals surface area contributed by atoms with Gasteiger partial charge in [0.05, 0.1) is 19.3 Å². The van der Waals surface area contributed by atoms with E-state index < -0.39 is 17.9 Å². The lowest BCUT2D eigenvalue weighted by atomic mass is 9.85. The molecule has 2 amide bonds. The molecule has 3 N–H and O–H groups in total. The van der Waals surface area contributed by atoms with Gasteiger partial charge in [0.15, 0.2) is 0 Å². The monoisotopic (exact) mass is 242 g/mol. The molecule has 0 spiro atoms. The highest BCUT2D eigenvalue weighted by Gasteiger charge is 2.35. The third kappa shape index (κ3) is 3.09. The molecule has 2 fully saturated rings. The molecule has 6 nitrogen and oxygen atoms in total. The van der Waals surface area contributed by atoms with Crippen LogP contribution in [0, 0.1) is 11.8 Å². The SMILES string of the molecule is O=C(NCC1CCC1)NC1COCC1C(=O)O. The van der Waals surface area contributed by atoms with Crippen molar-refractivity contribution < 1.29 is 19.4 Å². The zero-order valence-electron chi connectivity index (χ0n) is 9.65. The molecule has 0 aromatic rings. The molecule has 2 unspecified atom stereocenters. The molecule has 0 aromatic heterocycles. The first kappa shape index (κ1) is 12.2. The number of hydrogen-bond donors (Lipinski definition) is 3. The minimum atomic E-state index is -0.924. The van der Waals surface area contributed by atoms with Crippen molar-refractivity contribution >= 4 is 12.0 Å². The Balaban J connectivity index is 1.71. The standard InChI is InChI=1S/C11H18N2O4/c14-10(15)8-5-17-6-9(8)13-11(16)12-4-7-2-1-3-7/h7-9H,1-6H2,(H,14,15)(H2,12,13,16). The van der Waals surface area contributed by atoms with Crippen LogP contribution >= 0.6 is 0 Å². The van der Waals surface area contributed by atoms with Crippen LogP contribution in [0.4, 0.5) is 4.79 Å². The van der Waals surface area contributed by atoms with E-state index >= 15 is 0 Å². The normalized spacial score (nSPS) is 28.5. The molecular formula is C11H18N2O4. The smallest absolute Gasteiger partial charge is 0.315 e. The Hall–Kier alpha value is -1.30. The summed E-state index contributed by atoms with van der Waals surface area (Å²) in [5.74, 6) is -0.966. The molecule has 0 radical (unpaired) electrons. The molecule has 6 heteroatoms. The molecule has 1 saturated carbocycles. The largest absolute Gasteiger partial charge is 0.481 e. The number of carboxylic acid groups (broad SMARTS) is 1. The predicted octanol–water partition coefficient (Wildman–Crippen LogP) is 0.185. The second-order valence-electron chi connectivity index (χ2n) is 4.74. The van der Waals surface area contributed by atoms with E-state index in [4.69, 9.17) is 9.84 Å². The molecule has 2 aliphatic rings. The number of nitrogens with one attached hydrogen (secondary N) is 2. The molecule has 1 heterocycles. The van der Waals surface area contributed by atoms with Gasteiger partial charge in [-0.05, 0) is 18.8 Å². The van der Waals surface area contributed by atoms with Crippen LogP contribution in [0.2, 0.25) is 0 Å². The average molecular weight is 242 g/mol. The van der Waals surface area contributed by atoms with Crippen molar-refractivity contribution in [2.45, 2.75) is 25.3 Å². The molecule has 17 heavy (non-hydrogen) atoms. The maximum Gasteiger partial charge on any atom is 0.315 e. The van der Waals surface area contributed by atoms with Crippen LogP contribution in [-0.4, -0.2) is 42.9 Å². The first-order valence-electron chi connectivity index (χ1n) is 6.01. The van der Waals surface area contributed by atoms with E-state index in [2.05, 4.69) is 10.6 Å². The van der Waals surface area contributed by atoms with Crippen molar-refractivity contribution in [3.05, 3.63) is 0 Å². The summed E-state index contributed by atoms with van der Waals surface area (Å²) in [6.45, 7) is 1.12. The number of rotatable bonds is 4. The fourth-order valence-electron chi connectivity index (χ4n) is 2.09. The fourth-order valence-corrected chi connectivity index (χ4v) is 2.09. The number of carbonyl (C=O) groups is 2. The van der Waals surface area contributed by atoms with Crippen LogP contribution < -0.4 is 10.6 Å². The molecule has 0 bridgehead atoms. The first-order chi connectivity index (χ1) is 8.16. The third-order valence-corrected chi connectivity index (χ3v) is 3.49. The first-order valence-corrected chi connectivity index (χ1v) is 6.01. The number of urea groups is 1. The summed E-state index contributed by atoms with van der Waals surface area (Å²) in [5, 5.41) is 14.3. The Morgan fingerprint density at radius 2 is 2.06 bits per heavy atom. The molecule has 1 saturated heterocycles. The van der Waals surface area contributed by atoms with Crippen molar-refractivity contribution in [2.24, 2.45) is 11.8 Å². The Labute approximate surface area is 99.7 Å². The Kier molecular flexibility index (Phi) is 3.83. The van der Waals surface area contributed by atoms with Gasteiger partial charge < -0.3 is 20.5 Å². The van der Waals surface area contributed by atoms with Crippen LogP contribution in [0.25, 0.3) is 0 Å². The number of hydrogen-bond acceptors (Lipinski definition) is 3. The average Bonchev–Trinajstić information content (AvgIpc) is 2.63. The van der Waals surface area contributed by atoms with E-state index in [0.29, 0.717) is 12.5 Å². The van der Waals surface area contributed by atoms with Gasteiger partial charge in [-0.1, -0.05) is 6.42 Å². The number of carbonyl (C=O) groups excluding carboxylic acids is 1. The Bertz CT molecular complexity index is 304. The predicted molar refractivity (Wildman–Crippen MR) is 59.6 cm³/mol. The number of aliphatic carboxylic acids is 1. The molecular weight excluding hydrogens is 224 g/mol. The van der Waals surface area contributed by atoms with Crippen LogP contribution in [0.15, 0.2) is 0 Å². The highest BCUT2D eigenvalue weighted by molar-refractivity contribution is 5.77. The lowest BCUT2D eigenvalue weighted by Gasteiger charge is -2.26. The minimum Gasteiger partial charge on any atom is -0.481 e. The van der Waals surface area contributed by atoms with Gasteiger partial charge in [-0.25, -0.2) is 4.79 Å². The Morgan fingerprint density at radius 3 is 2.65 bits per heavy atom. The fraction of sp³-hybridized carbons (Fsp3) is 0.818. The van der Waals surface area contributed by atoms with Gasteiger partial charge in [-0.2, -0.15) is 0 Å². The molecule has 2 atom stereocenters. The summed E-state index contributed by atoms with van der Waals surface area (Å²) < 4.78 is 5.07. The lowest BCUT2D eigenvalue weighted by Crippen LogP contribution is -2.48. The van der Waals surface area contributed by atoms with Crippen molar-refractivity contribution in [1.82, 2.24) is 10.6 Å². The number of carboxylic acids is 1. The molecule has 1 aliphatic heterocycles. The highest BCUT2D eigenvalue weighted by atomic mass is 16.5. The van der Waals surface area contributed by atoms with Gasteiger partial charge in [-0.15, -0.1) is 0 Å². The van der Waals surface area contributed by atoms with Gasteiger partial charge in [0.25, 0.3) is 0 Å². The van der Waals surface area contributed by atoms with Crippen LogP contribution in [0.3, 0.4) is 0 Å². The zero-order chi connectivity index (χ0) is 12.3. The maximum atomic E-state index is 11.5. The van der Waals surface area contributed by atoms with Crippen molar-refractivity contribution in [3.8, 4) is 0 Å². The van der Waals surface area contributed by atoms with E-state index in [-0.39, 0.29) is 19.2 Å². The molecule has 96 valence electrons. The van der Waals surface area contributed by atoms with Crippen molar-refractivity contribution in [1.29, 1.82) is 0 Å². The van der Waals surface area contributed by atoms with E-state index in [1.165, 1.54) is 19.3 Å². The number of amides is 2. The van der Waals surface area contributed by atoms with E-state index in [9.17, 15) is 9.59 Å². The Morgan fingerprint density at radius 1 is 1.29 bits per heavy atom. The number of ether oxygens (including phenoxy) is 1. The maximum absolute atomic E-state index is 11.5. The van der Waals surface area contributed by atoms with E-state index in [1.54, 1.807) is 0 Å². The second kappa shape index (κ2) is 5.35. The van der Waals surface area contributed by atoms with Crippen LogP contribution in [0.5, 0.6) is 0 Å². The zero-order valence-corrected chi connectivity index (χ0v) is 9.65. The topological polar surface area (TPSA) is 87.7 Å². The second-order valence-corrected chi connectivity index (χ2v) is 4.74. The van der Waals surface area contributed by atoms with Crippen molar-refractivity contribution in [3.63, 3.8) is 0 Å². The quantitative estimate of drug-likeness (QED) is 0.656. The summed E-state index contributed by atoms with van der Waals surface area (Å²) in [6, 6.07) is -0.715. The van der Waals surface area contributed by atoms with Crippen LogP contribution in [-0.2, 0) is 9.53 Å². The summed E-state index contributed by atoms with van der Waals surface area (Å²) in [6.07, 6.45) is 3.58. The van der Waals surface area contributed by atoms with Gasteiger partial charge in [-0.3, -0.25) is 4.79 Å².